The first-order chi connectivity index (χ1) is 9.78. The first kappa shape index (κ1) is 12.0. The fourth-order valence-corrected chi connectivity index (χ4v) is 2.10. The molecule has 0 saturated heterocycles. The van der Waals surface area contributed by atoms with Crippen LogP contribution in [0.4, 0.5) is 17.1 Å². The molecule has 0 unspecified atom stereocenters. The van der Waals surface area contributed by atoms with E-state index in [0.29, 0.717) is 11.3 Å². The van der Waals surface area contributed by atoms with E-state index in [1.165, 1.54) is 0 Å². The van der Waals surface area contributed by atoms with Crippen LogP contribution in [0.2, 0.25) is 0 Å². The summed E-state index contributed by atoms with van der Waals surface area (Å²) in [7, 11) is 0. The van der Waals surface area contributed by atoms with Crippen LogP contribution in [0.3, 0.4) is 0 Å². The van der Waals surface area contributed by atoms with Gasteiger partial charge in [0.05, 0.1) is 23.0 Å². The van der Waals surface area contributed by atoms with Crippen molar-refractivity contribution in [3.63, 3.8) is 0 Å². The minimum absolute atomic E-state index is 0.570. The Bertz CT molecular complexity index is 813. The SMILES string of the molecule is N#Cc1ccc(N)c(Nc2cccc3ccncc23)c1. The molecular weight excluding hydrogens is 248 g/mol. The van der Waals surface area contributed by atoms with Crippen molar-refractivity contribution >= 4 is 27.8 Å². The molecule has 2 aromatic carbocycles. The summed E-state index contributed by atoms with van der Waals surface area (Å²) in [5.41, 5.74) is 8.76. The van der Waals surface area contributed by atoms with Gasteiger partial charge < -0.3 is 11.1 Å². The maximum Gasteiger partial charge on any atom is 0.0992 e. The van der Waals surface area contributed by atoms with Crippen LogP contribution < -0.4 is 11.1 Å². The lowest BCUT2D eigenvalue weighted by Crippen LogP contribution is -1.97. The molecule has 0 aliphatic carbocycles. The van der Waals surface area contributed by atoms with E-state index in [4.69, 9.17) is 11.0 Å². The summed E-state index contributed by atoms with van der Waals surface area (Å²) in [5.74, 6) is 0. The Hall–Kier alpha value is -3.06. The molecule has 3 aromatic rings. The highest BCUT2D eigenvalue weighted by molar-refractivity contribution is 5.95. The molecular formula is C16H12N4. The average Bonchev–Trinajstić information content (AvgIpc) is 2.50. The zero-order chi connectivity index (χ0) is 13.9. The lowest BCUT2D eigenvalue weighted by molar-refractivity contribution is 1.36. The van der Waals surface area contributed by atoms with Gasteiger partial charge in [-0.1, -0.05) is 12.1 Å². The Balaban J connectivity index is 2.08. The fourth-order valence-electron chi connectivity index (χ4n) is 2.10. The summed E-state index contributed by atoms with van der Waals surface area (Å²) < 4.78 is 0. The highest BCUT2D eigenvalue weighted by Gasteiger charge is 2.05. The molecule has 0 atom stereocenters. The number of pyridine rings is 1. The van der Waals surface area contributed by atoms with Crippen molar-refractivity contribution in [1.29, 1.82) is 5.26 Å². The number of aromatic nitrogens is 1. The monoisotopic (exact) mass is 260 g/mol. The van der Waals surface area contributed by atoms with Crippen molar-refractivity contribution in [2.75, 3.05) is 11.1 Å². The smallest absolute Gasteiger partial charge is 0.0992 e. The van der Waals surface area contributed by atoms with Gasteiger partial charge in [-0.3, -0.25) is 4.98 Å². The maximum absolute atomic E-state index is 8.96. The van der Waals surface area contributed by atoms with Crippen LogP contribution in [-0.4, -0.2) is 4.98 Å². The summed E-state index contributed by atoms with van der Waals surface area (Å²) >= 11 is 0. The van der Waals surface area contributed by atoms with Gasteiger partial charge in [-0.15, -0.1) is 0 Å². The number of nitriles is 1. The first-order valence-electron chi connectivity index (χ1n) is 6.17. The number of nitrogen functional groups attached to an aromatic ring is 1. The molecule has 0 spiro atoms. The second-order valence-corrected chi connectivity index (χ2v) is 4.44. The van der Waals surface area contributed by atoms with Gasteiger partial charge in [-0.25, -0.2) is 0 Å². The van der Waals surface area contributed by atoms with E-state index in [1.807, 2.05) is 30.5 Å². The second kappa shape index (κ2) is 4.90. The van der Waals surface area contributed by atoms with Crippen LogP contribution in [0.1, 0.15) is 5.56 Å². The predicted molar refractivity (Wildman–Crippen MR) is 80.6 cm³/mol. The van der Waals surface area contributed by atoms with Gasteiger partial charge in [0.1, 0.15) is 0 Å². The highest BCUT2D eigenvalue weighted by atomic mass is 14.9. The first-order valence-corrected chi connectivity index (χ1v) is 6.17. The van der Waals surface area contributed by atoms with Crippen LogP contribution >= 0.6 is 0 Å². The van der Waals surface area contributed by atoms with Gasteiger partial charge in [0.25, 0.3) is 0 Å². The molecule has 96 valence electrons. The predicted octanol–water partition coefficient (Wildman–Crippen LogP) is 3.43. The Morgan fingerprint density at radius 2 is 2.00 bits per heavy atom. The van der Waals surface area contributed by atoms with Gasteiger partial charge in [0.15, 0.2) is 0 Å². The molecule has 0 amide bonds. The summed E-state index contributed by atoms with van der Waals surface area (Å²) in [4.78, 5) is 4.15. The van der Waals surface area contributed by atoms with Crippen molar-refractivity contribution < 1.29 is 0 Å². The molecule has 1 heterocycles. The summed E-state index contributed by atoms with van der Waals surface area (Å²) in [5, 5.41) is 14.3. The number of rotatable bonds is 2. The number of hydrogen-bond acceptors (Lipinski definition) is 4. The van der Waals surface area contributed by atoms with E-state index in [0.717, 1.165) is 22.1 Å². The third-order valence-corrected chi connectivity index (χ3v) is 3.14. The second-order valence-electron chi connectivity index (χ2n) is 4.44. The normalized spacial score (nSPS) is 10.2. The number of fused-ring (bicyclic) bond motifs is 1. The Kier molecular flexibility index (Phi) is 2.94. The summed E-state index contributed by atoms with van der Waals surface area (Å²) in [6, 6.07) is 15.2. The van der Waals surface area contributed by atoms with Crippen LogP contribution in [0.25, 0.3) is 10.8 Å². The Morgan fingerprint density at radius 3 is 2.85 bits per heavy atom. The fraction of sp³-hybridized carbons (Fsp3) is 0. The summed E-state index contributed by atoms with van der Waals surface area (Å²) in [6.45, 7) is 0. The van der Waals surface area contributed by atoms with E-state index < -0.39 is 0 Å². The average molecular weight is 260 g/mol. The molecule has 4 nitrogen and oxygen atoms in total. The van der Waals surface area contributed by atoms with Crippen LogP contribution in [0.15, 0.2) is 54.9 Å². The summed E-state index contributed by atoms with van der Waals surface area (Å²) in [6.07, 6.45) is 3.57. The lowest BCUT2D eigenvalue weighted by atomic mass is 10.1. The minimum atomic E-state index is 0.570. The molecule has 0 radical (unpaired) electrons. The van der Waals surface area contributed by atoms with Gasteiger partial charge >= 0.3 is 0 Å². The number of nitrogens with two attached hydrogens (primary N) is 1. The molecule has 3 rings (SSSR count). The highest BCUT2D eigenvalue weighted by Crippen LogP contribution is 2.29. The largest absolute Gasteiger partial charge is 0.397 e. The molecule has 0 aliphatic heterocycles. The van der Waals surface area contributed by atoms with E-state index in [-0.39, 0.29) is 0 Å². The number of hydrogen-bond donors (Lipinski definition) is 2. The minimum Gasteiger partial charge on any atom is -0.397 e. The van der Waals surface area contributed by atoms with Crippen LogP contribution in [0.5, 0.6) is 0 Å². The van der Waals surface area contributed by atoms with E-state index in [1.54, 1.807) is 24.4 Å². The van der Waals surface area contributed by atoms with E-state index >= 15 is 0 Å². The molecule has 0 saturated carbocycles. The number of nitrogens with zero attached hydrogens (tertiary/aromatic N) is 2. The van der Waals surface area contributed by atoms with Gasteiger partial charge in [0.2, 0.25) is 0 Å². The molecule has 0 bridgehead atoms. The molecule has 0 fully saturated rings. The third kappa shape index (κ3) is 2.13. The van der Waals surface area contributed by atoms with Crippen LogP contribution in [-0.2, 0) is 0 Å². The number of nitrogens with one attached hydrogen (secondary N) is 1. The molecule has 4 heteroatoms. The zero-order valence-electron chi connectivity index (χ0n) is 10.7. The van der Waals surface area contributed by atoms with E-state index in [9.17, 15) is 0 Å². The van der Waals surface area contributed by atoms with Gasteiger partial charge in [-0.2, -0.15) is 5.26 Å². The van der Waals surface area contributed by atoms with Crippen molar-refractivity contribution in [1.82, 2.24) is 4.98 Å². The van der Waals surface area contributed by atoms with Gasteiger partial charge in [0, 0.05) is 23.5 Å². The maximum atomic E-state index is 8.96. The van der Waals surface area contributed by atoms with Crippen LogP contribution in [0, 0.1) is 11.3 Å². The molecule has 0 aliphatic rings. The number of benzene rings is 2. The van der Waals surface area contributed by atoms with Crippen molar-refractivity contribution in [2.45, 2.75) is 0 Å². The Morgan fingerprint density at radius 1 is 1.10 bits per heavy atom. The molecule has 1 aromatic heterocycles. The number of anilines is 3. The lowest BCUT2D eigenvalue weighted by Gasteiger charge is -2.11. The van der Waals surface area contributed by atoms with Crippen molar-refractivity contribution in [3.05, 3.63) is 60.4 Å². The topological polar surface area (TPSA) is 74.7 Å². The van der Waals surface area contributed by atoms with Crippen molar-refractivity contribution in [2.24, 2.45) is 0 Å². The molecule has 20 heavy (non-hydrogen) atoms. The van der Waals surface area contributed by atoms with Crippen molar-refractivity contribution in [3.8, 4) is 6.07 Å². The standard InChI is InChI=1S/C16H12N4/c17-9-11-4-5-14(18)16(8-11)20-15-3-1-2-12-6-7-19-10-13(12)15/h1-8,10,20H,18H2. The zero-order valence-corrected chi connectivity index (χ0v) is 10.7. The van der Waals surface area contributed by atoms with Gasteiger partial charge in [-0.05, 0) is 35.7 Å². The quantitative estimate of drug-likeness (QED) is 0.692. The Labute approximate surface area is 116 Å². The molecule has 3 N–H and O–H groups in total. The van der Waals surface area contributed by atoms with E-state index in [2.05, 4.69) is 16.4 Å². The third-order valence-electron chi connectivity index (χ3n) is 3.14.